The van der Waals surface area contributed by atoms with Crippen molar-refractivity contribution in [2.75, 3.05) is 24.6 Å². The third-order valence-corrected chi connectivity index (χ3v) is 3.10. The summed E-state index contributed by atoms with van der Waals surface area (Å²) in [7, 11) is 0. The minimum atomic E-state index is 1.08. The van der Waals surface area contributed by atoms with Crippen LogP contribution in [-0.2, 0) is 0 Å². The number of hydrazone groups is 1. The maximum atomic E-state index is 4.45. The Balaban J connectivity index is 1.93. The van der Waals surface area contributed by atoms with E-state index >= 15 is 0 Å². The van der Waals surface area contributed by atoms with Gasteiger partial charge in [-0.15, -0.1) is 0 Å². The molecule has 0 spiro atoms. The van der Waals surface area contributed by atoms with Crippen molar-refractivity contribution in [1.29, 1.82) is 0 Å². The van der Waals surface area contributed by atoms with Gasteiger partial charge in [0.1, 0.15) is 0 Å². The van der Waals surface area contributed by atoms with Crippen LogP contribution in [0, 0.1) is 0 Å². The zero-order valence-electron chi connectivity index (χ0n) is 8.10. The van der Waals surface area contributed by atoms with Gasteiger partial charge in [0, 0.05) is 24.6 Å². The van der Waals surface area contributed by atoms with Gasteiger partial charge >= 0.3 is 0 Å². The average molecular weight is 206 g/mol. The molecule has 0 saturated carbocycles. The molecule has 1 fully saturated rings. The Hall–Kier alpha value is -0.960. The molecule has 1 aromatic rings. The number of hydrogen-bond donors (Lipinski definition) is 0. The van der Waals surface area contributed by atoms with E-state index < -0.39 is 0 Å². The molecule has 74 valence electrons. The first-order chi connectivity index (χ1) is 6.95. The molecule has 2 rings (SSSR count). The molecule has 3 heteroatoms. The molecule has 1 aliphatic rings. The fourth-order valence-electron chi connectivity index (χ4n) is 1.36. The second-order valence-corrected chi connectivity index (χ2v) is 4.45. The van der Waals surface area contributed by atoms with Crippen molar-refractivity contribution >= 4 is 18.0 Å². The Kier molecular flexibility index (Phi) is 3.46. The molecular weight excluding hydrogens is 192 g/mol. The van der Waals surface area contributed by atoms with E-state index in [4.69, 9.17) is 0 Å². The Morgan fingerprint density at radius 1 is 1.14 bits per heavy atom. The molecule has 0 aliphatic carbocycles. The number of rotatable bonds is 2. The van der Waals surface area contributed by atoms with E-state index in [2.05, 4.69) is 22.2 Å². The highest BCUT2D eigenvalue weighted by Crippen LogP contribution is 2.09. The van der Waals surface area contributed by atoms with Crippen LogP contribution >= 0.6 is 11.8 Å². The van der Waals surface area contributed by atoms with Gasteiger partial charge in [0.25, 0.3) is 0 Å². The SMILES string of the molecule is C(=N\N1CCSCC1)/c1ccccc1. The van der Waals surface area contributed by atoms with Gasteiger partial charge in [0.2, 0.25) is 0 Å². The van der Waals surface area contributed by atoms with E-state index in [0.29, 0.717) is 0 Å². The maximum Gasteiger partial charge on any atom is 0.0542 e. The molecule has 2 nitrogen and oxygen atoms in total. The highest BCUT2D eigenvalue weighted by Gasteiger charge is 2.05. The van der Waals surface area contributed by atoms with Gasteiger partial charge in [0.05, 0.1) is 6.21 Å². The highest BCUT2D eigenvalue weighted by atomic mass is 32.2. The lowest BCUT2D eigenvalue weighted by molar-refractivity contribution is 0.322. The smallest absolute Gasteiger partial charge is 0.0542 e. The molecule has 0 radical (unpaired) electrons. The summed E-state index contributed by atoms with van der Waals surface area (Å²) in [6.45, 7) is 2.15. The maximum absolute atomic E-state index is 4.45. The summed E-state index contributed by atoms with van der Waals surface area (Å²) in [6.07, 6.45) is 1.94. The van der Waals surface area contributed by atoms with Gasteiger partial charge in [-0.25, -0.2) is 0 Å². The summed E-state index contributed by atoms with van der Waals surface area (Å²) >= 11 is 2.00. The van der Waals surface area contributed by atoms with Crippen LogP contribution in [-0.4, -0.2) is 35.8 Å². The van der Waals surface area contributed by atoms with Gasteiger partial charge in [0.15, 0.2) is 0 Å². The number of nitrogens with zero attached hydrogens (tertiary/aromatic N) is 2. The Morgan fingerprint density at radius 3 is 2.57 bits per heavy atom. The first-order valence-electron chi connectivity index (χ1n) is 4.87. The Bertz CT molecular complexity index is 291. The molecule has 1 saturated heterocycles. The summed E-state index contributed by atoms with van der Waals surface area (Å²) in [4.78, 5) is 0. The third kappa shape index (κ3) is 2.77. The first kappa shape index (κ1) is 9.59. The standard InChI is InChI=1S/C11H14N2S/c1-2-4-11(5-3-1)10-12-13-6-8-14-9-7-13/h1-5,10H,6-9H2/b12-10+. The van der Waals surface area contributed by atoms with Gasteiger partial charge < -0.3 is 0 Å². The molecule has 0 amide bonds. The predicted octanol–water partition coefficient (Wildman–Crippen LogP) is 2.07. The number of benzene rings is 1. The Labute approximate surface area is 89.0 Å². The molecule has 0 bridgehead atoms. The second kappa shape index (κ2) is 5.05. The van der Waals surface area contributed by atoms with E-state index in [1.807, 2.05) is 36.2 Å². The van der Waals surface area contributed by atoms with Crippen LogP contribution in [0.25, 0.3) is 0 Å². The highest BCUT2D eigenvalue weighted by molar-refractivity contribution is 7.99. The van der Waals surface area contributed by atoms with E-state index in [1.54, 1.807) is 0 Å². The summed E-state index contributed by atoms with van der Waals surface area (Å²) in [5.41, 5.74) is 1.17. The fraction of sp³-hybridized carbons (Fsp3) is 0.364. The summed E-state index contributed by atoms with van der Waals surface area (Å²) in [6, 6.07) is 10.2. The van der Waals surface area contributed by atoms with E-state index in [0.717, 1.165) is 13.1 Å². The lowest BCUT2D eigenvalue weighted by atomic mass is 10.2. The van der Waals surface area contributed by atoms with Gasteiger partial charge in [-0.1, -0.05) is 30.3 Å². The number of thioether (sulfide) groups is 1. The van der Waals surface area contributed by atoms with Gasteiger partial charge in [-0.2, -0.15) is 16.9 Å². The molecule has 1 aromatic carbocycles. The molecule has 0 atom stereocenters. The molecule has 0 unspecified atom stereocenters. The average Bonchev–Trinajstić information content (AvgIpc) is 2.29. The van der Waals surface area contributed by atoms with Crippen molar-refractivity contribution < 1.29 is 0 Å². The van der Waals surface area contributed by atoms with Crippen LogP contribution in [0.1, 0.15) is 5.56 Å². The summed E-state index contributed by atoms with van der Waals surface area (Å²) in [5, 5.41) is 6.59. The van der Waals surface area contributed by atoms with Gasteiger partial charge in [-0.05, 0) is 5.56 Å². The van der Waals surface area contributed by atoms with Crippen molar-refractivity contribution in [3.63, 3.8) is 0 Å². The lowest BCUT2D eigenvalue weighted by Crippen LogP contribution is -2.27. The van der Waals surface area contributed by atoms with Crippen molar-refractivity contribution in [1.82, 2.24) is 5.01 Å². The largest absolute Gasteiger partial charge is 0.295 e. The first-order valence-corrected chi connectivity index (χ1v) is 6.02. The quantitative estimate of drug-likeness (QED) is 0.688. The summed E-state index contributed by atoms with van der Waals surface area (Å²) in [5.74, 6) is 2.40. The van der Waals surface area contributed by atoms with Crippen molar-refractivity contribution in [2.24, 2.45) is 5.10 Å². The van der Waals surface area contributed by atoms with E-state index in [-0.39, 0.29) is 0 Å². The molecular formula is C11H14N2S. The fourth-order valence-corrected chi connectivity index (χ4v) is 2.24. The zero-order chi connectivity index (χ0) is 9.64. The number of hydrogen-bond acceptors (Lipinski definition) is 3. The van der Waals surface area contributed by atoms with E-state index in [9.17, 15) is 0 Å². The monoisotopic (exact) mass is 206 g/mol. The predicted molar refractivity (Wildman–Crippen MR) is 62.9 cm³/mol. The van der Waals surface area contributed by atoms with Crippen LogP contribution < -0.4 is 0 Å². The lowest BCUT2D eigenvalue weighted by Gasteiger charge is -2.22. The van der Waals surface area contributed by atoms with Crippen LogP contribution in [0.5, 0.6) is 0 Å². The Morgan fingerprint density at radius 2 is 1.86 bits per heavy atom. The normalized spacial score (nSPS) is 17.6. The molecule has 0 aromatic heterocycles. The minimum Gasteiger partial charge on any atom is -0.295 e. The van der Waals surface area contributed by atoms with Crippen molar-refractivity contribution in [3.8, 4) is 0 Å². The van der Waals surface area contributed by atoms with Crippen LogP contribution in [0.4, 0.5) is 0 Å². The van der Waals surface area contributed by atoms with Crippen LogP contribution in [0.15, 0.2) is 35.4 Å². The topological polar surface area (TPSA) is 15.6 Å². The van der Waals surface area contributed by atoms with Crippen LogP contribution in [0.3, 0.4) is 0 Å². The third-order valence-electron chi connectivity index (χ3n) is 2.16. The molecule has 14 heavy (non-hydrogen) atoms. The van der Waals surface area contributed by atoms with Gasteiger partial charge in [-0.3, -0.25) is 5.01 Å². The second-order valence-electron chi connectivity index (χ2n) is 3.22. The molecule has 1 heterocycles. The summed E-state index contributed by atoms with van der Waals surface area (Å²) < 4.78 is 0. The molecule has 1 aliphatic heterocycles. The van der Waals surface area contributed by atoms with E-state index in [1.165, 1.54) is 17.1 Å². The minimum absolute atomic E-state index is 1.08. The van der Waals surface area contributed by atoms with Crippen molar-refractivity contribution in [3.05, 3.63) is 35.9 Å². The van der Waals surface area contributed by atoms with Crippen molar-refractivity contribution in [2.45, 2.75) is 0 Å². The zero-order valence-corrected chi connectivity index (χ0v) is 8.91. The molecule has 0 N–H and O–H groups in total. The van der Waals surface area contributed by atoms with Crippen LogP contribution in [0.2, 0.25) is 0 Å².